The number of fused-ring (bicyclic) bond motifs is 1. The molecule has 0 atom stereocenters. The minimum Gasteiger partial charge on any atom is -0.437 e. The number of halogens is 1. The molecule has 1 aromatic heterocycles. The molecule has 5 heteroatoms. The number of amides is 1. The minimum absolute atomic E-state index is 0.123. The highest BCUT2D eigenvalue weighted by Crippen LogP contribution is 2.16. The molecule has 116 valence electrons. The Labute approximate surface area is 139 Å². The van der Waals surface area contributed by atoms with Crippen LogP contribution in [0.1, 0.15) is 11.5 Å². The average Bonchev–Trinajstić information content (AvgIpc) is 2.97. The second-order valence-corrected chi connectivity index (χ2v) is 5.61. The van der Waals surface area contributed by atoms with Gasteiger partial charge in [0.25, 0.3) is 0 Å². The first-order chi connectivity index (χ1) is 11.1. The summed E-state index contributed by atoms with van der Waals surface area (Å²) in [7, 11) is 1.74. The van der Waals surface area contributed by atoms with Crippen LogP contribution in [0, 0.1) is 0 Å². The van der Waals surface area contributed by atoms with Gasteiger partial charge in [-0.15, -0.1) is 0 Å². The topological polar surface area (TPSA) is 46.3 Å². The molecule has 0 unspecified atom stereocenters. The molecule has 4 nitrogen and oxygen atoms in total. The van der Waals surface area contributed by atoms with Crippen molar-refractivity contribution in [2.75, 3.05) is 7.05 Å². The number of benzene rings is 2. The van der Waals surface area contributed by atoms with Gasteiger partial charge in [0.15, 0.2) is 5.58 Å². The van der Waals surface area contributed by atoms with E-state index in [0.717, 1.165) is 11.1 Å². The smallest absolute Gasteiger partial charge is 0.246 e. The predicted molar refractivity (Wildman–Crippen MR) is 91.0 cm³/mol. The van der Waals surface area contributed by atoms with Gasteiger partial charge >= 0.3 is 0 Å². The van der Waals surface area contributed by atoms with Crippen LogP contribution < -0.4 is 0 Å². The summed E-state index contributed by atoms with van der Waals surface area (Å²) in [6.07, 6.45) is 3.04. The van der Waals surface area contributed by atoms with Crippen molar-refractivity contribution < 1.29 is 9.21 Å². The Kier molecular flexibility index (Phi) is 4.44. The van der Waals surface area contributed by atoms with Gasteiger partial charge in [-0.2, -0.15) is 0 Å². The highest BCUT2D eigenvalue weighted by molar-refractivity contribution is 6.30. The van der Waals surface area contributed by atoms with Crippen molar-refractivity contribution in [2.24, 2.45) is 0 Å². The van der Waals surface area contributed by atoms with Crippen LogP contribution in [0.2, 0.25) is 5.02 Å². The largest absolute Gasteiger partial charge is 0.437 e. The van der Waals surface area contributed by atoms with Crippen LogP contribution in [0.25, 0.3) is 17.2 Å². The maximum Gasteiger partial charge on any atom is 0.246 e. The zero-order chi connectivity index (χ0) is 16.2. The SMILES string of the molecule is CN(Cc1ccc(Cl)cc1)C(=O)C=Cc1nc2ccccc2o1. The number of rotatable bonds is 4. The maximum absolute atomic E-state index is 12.1. The third-order valence-electron chi connectivity index (χ3n) is 3.39. The van der Waals surface area contributed by atoms with E-state index in [1.54, 1.807) is 18.0 Å². The van der Waals surface area contributed by atoms with Gasteiger partial charge in [-0.05, 0) is 29.8 Å². The van der Waals surface area contributed by atoms with Crippen LogP contribution >= 0.6 is 11.6 Å². The number of nitrogens with zero attached hydrogens (tertiary/aromatic N) is 2. The number of carbonyl (C=O) groups is 1. The van der Waals surface area contributed by atoms with Gasteiger partial charge in [-0.1, -0.05) is 35.9 Å². The minimum atomic E-state index is -0.123. The van der Waals surface area contributed by atoms with Gasteiger partial charge in [0.2, 0.25) is 11.8 Å². The van der Waals surface area contributed by atoms with Crippen molar-refractivity contribution in [3.05, 3.63) is 71.1 Å². The molecule has 2 aromatic carbocycles. The van der Waals surface area contributed by atoms with Gasteiger partial charge in [0.1, 0.15) is 5.52 Å². The number of likely N-dealkylation sites (N-methyl/N-ethyl adjacent to an activating group) is 1. The first-order valence-electron chi connectivity index (χ1n) is 7.15. The molecule has 0 bridgehead atoms. The van der Waals surface area contributed by atoms with Crippen molar-refractivity contribution in [3.8, 4) is 0 Å². The second-order valence-electron chi connectivity index (χ2n) is 5.17. The molecule has 0 spiro atoms. The Morgan fingerprint density at radius 1 is 1.22 bits per heavy atom. The molecule has 0 N–H and O–H groups in total. The monoisotopic (exact) mass is 326 g/mol. The van der Waals surface area contributed by atoms with Crippen LogP contribution in [0.5, 0.6) is 0 Å². The van der Waals surface area contributed by atoms with Crippen molar-refractivity contribution in [3.63, 3.8) is 0 Å². The molecule has 0 fully saturated rings. The fourth-order valence-electron chi connectivity index (χ4n) is 2.17. The average molecular weight is 327 g/mol. The lowest BCUT2D eigenvalue weighted by Crippen LogP contribution is -2.24. The van der Waals surface area contributed by atoms with E-state index in [1.165, 1.54) is 6.08 Å². The van der Waals surface area contributed by atoms with Gasteiger partial charge in [0.05, 0.1) is 0 Å². The molecule has 0 aliphatic rings. The van der Waals surface area contributed by atoms with Gasteiger partial charge in [0, 0.05) is 30.8 Å². The Bertz CT molecular complexity index is 820. The lowest BCUT2D eigenvalue weighted by atomic mass is 10.2. The summed E-state index contributed by atoms with van der Waals surface area (Å²) in [6.45, 7) is 0.508. The van der Waals surface area contributed by atoms with E-state index in [4.69, 9.17) is 16.0 Å². The molecule has 0 radical (unpaired) electrons. The molecule has 3 aromatic rings. The number of carbonyl (C=O) groups excluding carboxylic acids is 1. The Balaban J connectivity index is 1.66. The molecule has 0 aliphatic carbocycles. The first-order valence-corrected chi connectivity index (χ1v) is 7.53. The lowest BCUT2D eigenvalue weighted by Gasteiger charge is -2.14. The number of hydrogen-bond donors (Lipinski definition) is 0. The first kappa shape index (κ1) is 15.3. The van der Waals surface area contributed by atoms with Crippen molar-refractivity contribution in [1.29, 1.82) is 0 Å². The second kappa shape index (κ2) is 6.67. The summed E-state index contributed by atoms with van der Waals surface area (Å²) < 4.78 is 5.55. The Morgan fingerprint density at radius 2 is 1.96 bits per heavy atom. The third kappa shape index (κ3) is 3.79. The zero-order valence-electron chi connectivity index (χ0n) is 12.6. The number of oxazole rings is 1. The summed E-state index contributed by atoms with van der Waals surface area (Å²) in [5, 5.41) is 0.679. The van der Waals surface area contributed by atoms with Crippen molar-refractivity contribution in [1.82, 2.24) is 9.88 Å². The van der Waals surface area contributed by atoms with Crippen molar-refractivity contribution >= 4 is 34.7 Å². The Hall–Kier alpha value is -2.59. The van der Waals surface area contributed by atoms with Gasteiger partial charge < -0.3 is 9.32 Å². The molecule has 23 heavy (non-hydrogen) atoms. The fraction of sp³-hybridized carbons (Fsp3) is 0.111. The molecular formula is C18H15ClN2O2. The van der Waals surface area contributed by atoms with Crippen LogP contribution in [0.15, 0.2) is 59.0 Å². The standard InChI is InChI=1S/C18H15ClN2O2/c1-21(12-13-6-8-14(19)9-7-13)18(22)11-10-17-20-15-4-2-3-5-16(15)23-17/h2-11H,12H2,1H3. The predicted octanol–water partition coefficient (Wildman–Crippen LogP) is 4.15. The van der Waals surface area contributed by atoms with Gasteiger partial charge in [-0.25, -0.2) is 4.98 Å². The number of hydrogen-bond acceptors (Lipinski definition) is 3. The molecule has 1 heterocycles. The quantitative estimate of drug-likeness (QED) is 0.676. The lowest BCUT2D eigenvalue weighted by molar-refractivity contribution is -0.125. The summed E-state index contributed by atoms with van der Waals surface area (Å²) in [5.41, 5.74) is 2.49. The van der Waals surface area contributed by atoms with E-state index in [-0.39, 0.29) is 5.91 Å². The number of para-hydroxylation sites is 2. The third-order valence-corrected chi connectivity index (χ3v) is 3.64. The molecule has 1 amide bonds. The number of aromatic nitrogens is 1. The molecule has 0 saturated carbocycles. The maximum atomic E-state index is 12.1. The van der Waals surface area contributed by atoms with E-state index in [1.807, 2.05) is 48.5 Å². The summed E-state index contributed by atoms with van der Waals surface area (Å²) in [4.78, 5) is 18.1. The van der Waals surface area contributed by atoms with Gasteiger partial charge in [-0.3, -0.25) is 4.79 Å². The fourth-order valence-corrected chi connectivity index (χ4v) is 2.30. The highest BCUT2D eigenvalue weighted by atomic mass is 35.5. The molecule has 0 saturated heterocycles. The Morgan fingerprint density at radius 3 is 2.70 bits per heavy atom. The zero-order valence-corrected chi connectivity index (χ0v) is 13.3. The van der Waals surface area contributed by atoms with Crippen molar-refractivity contribution in [2.45, 2.75) is 6.54 Å². The van der Waals surface area contributed by atoms with Crippen LogP contribution in [-0.4, -0.2) is 22.8 Å². The molecular weight excluding hydrogens is 312 g/mol. The van der Waals surface area contributed by atoms with E-state index in [0.29, 0.717) is 23.0 Å². The molecule has 3 rings (SSSR count). The van der Waals surface area contributed by atoms with Crippen LogP contribution in [0.3, 0.4) is 0 Å². The van der Waals surface area contributed by atoms with E-state index >= 15 is 0 Å². The normalized spacial score (nSPS) is 11.2. The highest BCUT2D eigenvalue weighted by Gasteiger charge is 2.07. The summed E-state index contributed by atoms with van der Waals surface area (Å²) in [6, 6.07) is 14.9. The van der Waals surface area contributed by atoms with Crippen LogP contribution in [-0.2, 0) is 11.3 Å². The van der Waals surface area contributed by atoms with E-state index in [2.05, 4.69) is 4.98 Å². The molecule has 0 aliphatic heterocycles. The summed E-state index contributed by atoms with van der Waals surface area (Å²) >= 11 is 5.85. The van der Waals surface area contributed by atoms with E-state index in [9.17, 15) is 4.79 Å². The summed E-state index contributed by atoms with van der Waals surface area (Å²) in [5.74, 6) is 0.293. The van der Waals surface area contributed by atoms with E-state index < -0.39 is 0 Å². The van der Waals surface area contributed by atoms with Crippen LogP contribution in [0.4, 0.5) is 0 Å².